The summed E-state index contributed by atoms with van der Waals surface area (Å²) in [5, 5.41) is 12.5. The van der Waals surface area contributed by atoms with Crippen molar-refractivity contribution in [3.63, 3.8) is 0 Å². The Morgan fingerprint density at radius 3 is 2.50 bits per heavy atom. The van der Waals surface area contributed by atoms with Gasteiger partial charge in [-0.1, -0.05) is 12.2 Å². The summed E-state index contributed by atoms with van der Waals surface area (Å²) in [4.78, 5) is 70.7. The van der Waals surface area contributed by atoms with Crippen molar-refractivity contribution in [2.45, 2.75) is 53.8 Å². The van der Waals surface area contributed by atoms with Crippen molar-refractivity contribution >= 4 is 63.4 Å². The Bertz CT molecular complexity index is 2500. The minimum atomic E-state index is -0.659. The third-order valence-corrected chi connectivity index (χ3v) is 9.76. The fourth-order valence-electron chi connectivity index (χ4n) is 6.97. The molecule has 4 amide bonds. The van der Waals surface area contributed by atoms with Gasteiger partial charge >= 0.3 is 11.9 Å². The summed E-state index contributed by atoms with van der Waals surface area (Å²) < 4.78 is 11.5. The average molecular weight is 824 g/mol. The van der Waals surface area contributed by atoms with E-state index in [1.165, 1.54) is 12.3 Å². The summed E-state index contributed by atoms with van der Waals surface area (Å²) in [6, 6.07) is 6.43. The lowest BCUT2D eigenvalue weighted by atomic mass is 10.1. The van der Waals surface area contributed by atoms with Gasteiger partial charge in [-0.3, -0.25) is 44.1 Å². The van der Waals surface area contributed by atoms with Gasteiger partial charge in [0.15, 0.2) is 5.52 Å². The summed E-state index contributed by atoms with van der Waals surface area (Å²) in [5.41, 5.74) is 21.0. The normalized spacial score (nSPS) is 14.0. The molecule has 316 valence electrons. The molecular formula is C40H53N15O5+2. The van der Waals surface area contributed by atoms with Gasteiger partial charge in [0.1, 0.15) is 22.7 Å². The zero-order valence-corrected chi connectivity index (χ0v) is 34.3. The maximum Gasteiger partial charge on any atom is 0.322 e. The molecule has 4 aromatic heterocycles. The summed E-state index contributed by atoms with van der Waals surface area (Å²) in [6.45, 7) is 13.8. The van der Waals surface area contributed by atoms with Crippen LogP contribution < -0.4 is 42.5 Å². The van der Waals surface area contributed by atoms with E-state index in [0.29, 0.717) is 64.7 Å². The Balaban J connectivity index is 1.35. The first-order valence-corrected chi connectivity index (χ1v) is 19.9. The van der Waals surface area contributed by atoms with Crippen molar-refractivity contribution < 1.29 is 33.8 Å². The molecule has 1 saturated heterocycles. The van der Waals surface area contributed by atoms with E-state index in [1.54, 1.807) is 51.9 Å². The lowest BCUT2D eigenvalue weighted by Crippen LogP contribution is -2.89. The predicted octanol–water partition coefficient (Wildman–Crippen LogP) is 0.341. The molecule has 0 radical (unpaired) electrons. The number of aromatic amines is 1. The first-order valence-electron chi connectivity index (χ1n) is 19.9. The lowest BCUT2D eigenvalue weighted by Gasteiger charge is -2.24. The molecule has 1 fully saturated rings. The number of anilines is 2. The van der Waals surface area contributed by atoms with Gasteiger partial charge in [0.2, 0.25) is 11.9 Å². The summed E-state index contributed by atoms with van der Waals surface area (Å²) in [7, 11) is 0. The number of aliphatic imine (C=N–C) groups is 1. The standard InChI is InChI=1S/C40H51N15O5/c1-5-45-30(18-24(3)41)37(58)49-40-48-29-21-27(35(43)57)23-46-36(29)54(40)14-8-7-13-53-33-28(47-39(53)50-38(59)31-19-25(4)51-55(31)6-2)20-26(34(42)56)22-32(33)60-17-9-12-52-15-10-44-11-16-52/h7-8,18-23,44H,5-6,9-17H2,1-4H3,(H8,41,42,43,45,47,48,49,50,56,57,58,59)/p+2/b8-7+. The van der Waals surface area contributed by atoms with Gasteiger partial charge in [-0.05, 0) is 64.5 Å². The Morgan fingerprint density at radius 2 is 1.80 bits per heavy atom. The van der Waals surface area contributed by atoms with Crippen LogP contribution in [0.2, 0.25) is 0 Å². The molecule has 20 nitrogen and oxygen atoms in total. The highest BCUT2D eigenvalue weighted by Gasteiger charge is 2.25. The fraction of sp³-hybridized carbons (Fsp3) is 0.375. The Hall–Kier alpha value is -6.93. The first-order chi connectivity index (χ1) is 28.9. The van der Waals surface area contributed by atoms with Gasteiger partial charge in [-0.15, -0.1) is 4.98 Å². The van der Waals surface area contributed by atoms with Crippen molar-refractivity contribution in [3.8, 4) is 5.75 Å². The van der Waals surface area contributed by atoms with Gasteiger partial charge in [-0.25, -0.2) is 14.9 Å². The number of nitrogens with two attached hydrogens (primary N) is 4. The van der Waals surface area contributed by atoms with E-state index < -0.39 is 23.6 Å². The number of imidazole rings is 2. The number of aromatic nitrogens is 7. The second-order valence-electron chi connectivity index (χ2n) is 14.3. The van der Waals surface area contributed by atoms with Crippen molar-refractivity contribution in [2.75, 3.05) is 56.5 Å². The van der Waals surface area contributed by atoms with Crippen LogP contribution in [0.1, 0.15) is 64.1 Å². The molecule has 11 N–H and O–H groups in total. The number of aryl methyl sites for hydroxylation is 2. The number of fused-ring (bicyclic) bond motifs is 2. The second-order valence-corrected chi connectivity index (χ2v) is 14.3. The lowest BCUT2D eigenvalue weighted by molar-refractivity contribution is -0.663. The number of nitrogens with zero attached hydrogens (tertiary/aromatic N) is 8. The molecule has 0 spiro atoms. The van der Waals surface area contributed by atoms with E-state index >= 15 is 0 Å². The quantitative estimate of drug-likeness (QED) is 0.0275. The number of quaternary nitrogens is 1. The molecule has 20 heteroatoms. The summed E-state index contributed by atoms with van der Waals surface area (Å²) in [6.07, 6.45) is 7.30. The molecule has 0 unspecified atom stereocenters. The van der Waals surface area contributed by atoms with Crippen LogP contribution in [0.5, 0.6) is 5.75 Å². The van der Waals surface area contributed by atoms with E-state index in [1.807, 2.05) is 26.0 Å². The zero-order chi connectivity index (χ0) is 42.9. The van der Waals surface area contributed by atoms with Crippen LogP contribution in [0.3, 0.4) is 0 Å². The van der Waals surface area contributed by atoms with Crippen LogP contribution in [0.15, 0.2) is 59.4 Å². The molecule has 6 rings (SSSR count). The monoisotopic (exact) mass is 823 g/mol. The van der Waals surface area contributed by atoms with Crippen LogP contribution >= 0.6 is 0 Å². The highest BCUT2D eigenvalue weighted by atomic mass is 16.5. The zero-order valence-electron chi connectivity index (χ0n) is 34.3. The third kappa shape index (κ3) is 10.0. The van der Waals surface area contributed by atoms with Crippen LogP contribution in [-0.4, -0.2) is 109 Å². The molecule has 5 aromatic rings. The van der Waals surface area contributed by atoms with Gasteiger partial charge in [0.05, 0.1) is 49.2 Å². The Morgan fingerprint density at radius 1 is 1.03 bits per heavy atom. The number of piperazine rings is 1. The smallest absolute Gasteiger partial charge is 0.322 e. The first kappa shape index (κ1) is 42.7. The van der Waals surface area contributed by atoms with Gasteiger partial charge in [0, 0.05) is 50.5 Å². The number of primary amides is 2. The van der Waals surface area contributed by atoms with E-state index in [9.17, 15) is 19.2 Å². The maximum absolute atomic E-state index is 13.8. The number of allylic oxidation sites excluding steroid dienone is 3. The highest BCUT2D eigenvalue weighted by Crippen LogP contribution is 2.31. The SMILES string of the molecule is CCN=C(/C=C(/C)N)C(=O)Nc1[nH]c2cc(C(N)=O)cnc2[n+]1C/C=C/Cn1c(NC(=O)c2cc(C)nn2CC)nc2cc(C(N)=O)cc(OCCCN3CC[NH2+]CC3)c21. The largest absolute Gasteiger partial charge is 0.491 e. The van der Waals surface area contributed by atoms with Crippen molar-refractivity contribution in [2.24, 2.45) is 22.2 Å². The van der Waals surface area contributed by atoms with Crippen molar-refractivity contribution in [1.29, 1.82) is 0 Å². The number of rotatable bonds is 18. The maximum atomic E-state index is 13.8. The molecule has 0 aliphatic carbocycles. The molecule has 1 aromatic carbocycles. The summed E-state index contributed by atoms with van der Waals surface area (Å²) in [5.74, 6) is -1.38. The van der Waals surface area contributed by atoms with Crippen molar-refractivity contribution in [3.05, 3.63) is 76.9 Å². The number of ether oxygens (including phenoxy) is 1. The minimum Gasteiger partial charge on any atom is -0.491 e. The van der Waals surface area contributed by atoms with Gasteiger partial charge in [0.25, 0.3) is 17.5 Å². The Kier molecular flexibility index (Phi) is 13.7. The van der Waals surface area contributed by atoms with Crippen LogP contribution in [0, 0.1) is 6.92 Å². The average Bonchev–Trinajstić information content (AvgIpc) is 3.89. The fourth-order valence-corrected chi connectivity index (χ4v) is 6.97. The molecule has 0 atom stereocenters. The highest BCUT2D eigenvalue weighted by molar-refractivity contribution is 6.47. The molecule has 1 aliphatic heterocycles. The van der Waals surface area contributed by atoms with Crippen LogP contribution in [-0.2, 0) is 24.4 Å². The topological polar surface area (TPSA) is 280 Å². The number of hydrogen-bond donors (Lipinski definition) is 7. The van der Waals surface area contributed by atoms with Gasteiger partial charge < -0.3 is 31.8 Å². The number of pyridine rings is 1. The number of nitrogens with one attached hydrogen (secondary N) is 3. The van der Waals surface area contributed by atoms with E-state index in [-0.39, 0.29) is 41.8 Å². The van der Waals surface area contributed by atoms with E-state index in [2.05, 4.69) is 40.9 Å². The molecule has 0 saturated carbocycles. The predicted molar refractivity (Wildman–Crippen MR) is 226 cm³/mol. The number of benzene rings is 1. The number of amides is 4. The molecule has 60 heavy (non-hydrogen) atoms. The van der Waals surface area contributed by atoms with Crippen LogP contribution in [0.25, 0.3) is 22.2 Å². The summed E-state index contributed by atoms with van der Waals surface area (Å²) >= 11 is 0. The molecular weight excluding hydrogens is 771 g/mol. The number of carbonyl (C=O) groups is 4. The minimum absolute atomic E-state index is 0.130. The molecule has 5 heterocycles. The number of H-pyrrole nitrogens is 1. The second kappa shape index (κ2) is 19.2. The Labute approximate surface area is 345 Å². The number of hydrogen-bond acceptors (Lipinski definition) is 11. The van der Waals surface area contributed by atoms with E-state index in [4.69, 9.17) is 26.9 Å². The molecule has 0 bridgehead atoms. The van der Waals surface area contributed by atoms with Crippen LogP contribution in [0.4, 0.5) is 11.9 Å². The number of carbonyl (C=O) groups excluding carboxylic acids is 4. The van der Waals surface area contributed by atoms with E-state index in [0.717, 1.165) is 39.1 Å². The molecule has 1 aliphatic rings. The van der Waals surface area contributed by atoms with Crippen molar-refractivity contribution in [1.82, 2.24) is 34.2 Å². The van der Waals surface area contributed by atoms with Gasteiger partial charge in [-0.2, -0.15) is 5.10 Å². The third-order valence-electron chi connectivity index (χ3n) is 9.76.